The molecule has 2 heterocycles. The second-order valence-corrected chi connectivity index (χ2v) is 8.49. The van der Waals surface area contributed by atoms with Gasteiger partial charge in [0, 0.05) is 25.6 Å². The van der Waals surface area contributed by atoms with Crippen molar-refractivity contribution in [2.45, 2.75) is 45.1 Å². The summed E-state index contributed by atoms with van der Waals surface area (Å²) in [6.07, 6.45) is 2.84. The van der Waals surface area contributed by atoms with Gasteiger partial charge in [-0.1, -0.05) is 43.1 Å². The Morgan fingerprint density at radius 2 is 1.77 bits per heavy atom. The lowest BCUT2D eigenvalue weighted by atomic mass is 9.86. The van der Waals surface area contributed by atoms with Gasteiger partial charge in [0.1, 0.15) is 5.92 Å². The smallest absolute Gasteiger partial charge is 0.237 e. The molecule has 2 atom stereocenters. The SMILES string of the molecule is CC(C)[C@@H](CN1CCCC1)N1CCC(=O)C(c2ccc(Cl)c(Cl)c2)C1=O. The van der Waals surface area contributed by atoms with Gasteiger partial charge in [-0.25, -0.2) is 0 Å². The molecule has 142 valence electrons. The van der Waals surface area contributed by atoms with Crippen molar-refractivity contribution in [2.75, 3.05) is 26.2 Å². The van der Waals surface area contributed by atoms with E-state index in [1.165, 1.54) is 12.8 Å². The zero-order chi connectivity index (χ0) is 18.8. The predicted molar refractivity (Wildman–Crippen MR) is 105 cm³/mol. The van der Waals surface area contributed by atoms with Crippen LogP contribution in [0.2, 0.25) is 10.0 Å². The van der Waals surface area contributed by atoms with Crippen molar-refractivity contribution in [2.24, 2.45) is 5.92 Å². The van der Waals surface area contributed by atoms with Crippen molar-refractivity contribution in [3.63, 3.8) is 0 Å². The molecule has 4 nitrogen and oxygen atoms in total. The van der Waals surface area contributed by atoms with E-state index in [2.05, 4.69) is 18.7 Å². The molecule has 26 heavy (non-hydrogen) atoms. The summed E-state index contributed by atoms with van der Waals surface area (Å²) in [5.41, 5.74) is 0.641. The maximum Gasteiger partial charge on any atom is 0.237 e. The Morgan fingerprint density at radius 3 is 2.38 bits per heavy atom. The molecule has 2 aliphatic rings. The maximum atomic E-state index is 13.3. The summed E-state index contributed by atoms with van der Waals surface area (Å²) in [6, 6.07) is 5.17. The van der Waals surface area contributed by atoms with Crippen molar-refractivity contribution in [1.29, 1.82) is 0 Å². The lowest BCUT2D eigenvalue weighted by molar-refractivity contribution is -0.145. The van der Waals surface area contributed by atoms with Crippen LogP contribution in [0.1, 0.15) is 44.6 Å². The number of carbonyl (C=O) groups is 2. The van der Waals surface area contributed by atoms with Gasteiger partial charge in [0.05, 0.1) is 10.0 Å². The highest BCUT2D eigenvalue weighted by atomic mass is 35.5. The highest BCUT2D eigenvalue weighted by Gasteiger charge is 2.40. The Kier molecular flexibility index (Phi) is 6.26. The number of carbonyl (C=O) groups excluding carboxylic acids is 2. The van der Waals surface area contributed by atoms with Gasteiger partial charge in [-0.2, -0.15) is 0 Å². The number of ketones is 1. The molecule has 0 saturated carbocycles. The van der Waals surface area contributed by atoms with Crippen molar-refractivity contribution in [1.82, 2.24) is 9.80 Å². The Morgan fingerprint density at radius 1 is 1.08 bits per heavy atom. The molecule has 3 rings (SSSR count). The molecule has 2 saturated heterocycles. The minimum atomic E-state index is -0.765. The van der Waals surface area contributed by atoms with Crippen molar-refractivity contribution < 1.29 is 9.59 Å². The molecule has 0 bridgehead atoms. The molecular formula is C20H26Cl2N2O2. The van der Waals surface area contributed by atoms with Gasteiger partial charge < -0.3 is 9.80 Å². The van der Waals surface area contributed by atoms with Crippen molar-refractivity contribution in [3.8, 4) is 0 Å². The third-order valence-electron chi connectivity index (χ3n) is 5.54. The Hall–Kier alpha value is -1.10. The van der Waals surface area contributed by atoms with Crippen LogP contribution >= 0.6 is 23.2 Å². The molecule has 2 aliphatic heterocycles. The Bertz CT molecular complexity index is 686. The maximum absolute atomic E-state index is 13.3. The summed E-state index contributed by atoms with van der Waals surface area (Å²) in [4.78, 5) is 30.2. The quantitative estimate of drug-likeness (QED) is 0.706. The van der Waals surface area contributed by atoms with Gasteiger partial charge in [-0.15, -0.1) is 0 Å². The van der Waals surface area contributed by atoms with E-state index in [-0.39, 0.29) is 17.7 Å². The standard InChI is InChI=1S/C20H26Cl2N2O2/c1-13(2)17(12-23-8-3-4-9-23)24-10-7-18(25)19(20(24)26)14-5-6-15(21)16(22)11-14/h5-6,11,13,17,19H,3-4,7-10,12H2,1-2H3/t17-,19?/m1/s1. The average molecular weight is 397 g/mol. The number of Topliss-reactive ketones (excluding diaryl/α,β-unsaturated/α-hetero) is 1. The molecular weight excluding hydrogens is 371 g/mol. The first kappa shape index (κ1) is 19.7. The van der Waals surface area contributed by atoms with Crippen molar-refractivity contribution >= 4 is 34.9 Å². The first-order valence-corrected chi connectivity index (χ1v) is 10.1. The number of rotatable bonds is 5. The molecule has 0 spiro atoms. The van der Waals surface area contributed by atoms with Gasteiger partial charge in [0.2, 0.25) is 5.91 Å². The number of likely N-dealkylation sites (tertiary alicyclic amines) is 2. The summed E-state index contributed by atoms with van der Waals surface area (Å²) in [5.74, 6) is -0.564. The summed E-state index contributed by atoms with van der Waals surface area (Å²) < 4.78 is 0. The normalized spacial score (nSPS) is 23.1. The first-order chi connectivity index (χ1) is 12.4. The molecule has 0 N–H and O–H groups in total. The number of hydrogen-bond acceptors (Lipinski definition) is 3. The number of halogens is 2. The van der Waals surface area contributed by atoms with E-state index in [1.54, 1.807) is 18.2 Å². The third kappa shape index (κ3) is 4.08. The third-order valence-corrected chi connectivity index (χ3v) is 6.28. The average Bonchev–Trinajstić information content (AvgIpc) is 3.09. The Balaban J connectivity index is 1.84. The van der Waals surface area contributed by atoms with E-state index < -0.39 is 5.92 Å². The van der Waals surface area contributed by atoms with Crippen LogP contribution in [-0.4, -0.2) is 53.7 Å². The number of hydrogen-bond donors (Lipinski definition) is 0. The number of benzene rings is 1. The zero-order valence-corrected chi connectivity index (χ0v) is 16.9. The predicted octanol–water partition coefficient (Wildman–Crippen LogP) is 4.00. The van der Waals surface area contributed by atoms with E-state index in [9.17, 15) is 9.59 Å². The first-order valence-electron chi connectivity index (χ1n) is 9.39. The fourth-order valence-electron chi connectivity index (χ4n) is 4.04. The molecule has 1 aromatic rings. The number of amides is 1. The molecule has 1 amide bonds. The highest BCUT2D eigenvalue weighted by molar-refractivity contribution is 6.42. The molecule has 1 unspecified atom stereocenters. The second-order valence-electron chi connectivity index (χ2n) is 7.67. The molecule has 0 aliphatic carbocycles. The Labute approximate surface area is 165 Å². The van der Waals surface area contributed by atoms with Gasteiger partial charge in [0.25, 0.3) is 0 Å². The molecule has 1 aromatic carbocycles. The van der Waals surface area contributed by atoms with Crippen LogP contribution in [-0.2, 0) is 9.59 Å². The zero-order valence-electron chi connectivity index (χ0n) is 15.4. The van der Waals surface area contributed by atoms with Crippen LogP contribution in [0, 0.1) is 5.92 Å². The van der Waals surface area contributed by atoms with E-state index in [0.717, 1.165) is 19.6 Å². The lowest BCUT2D eigenvalue weighted by Crippen LogP contribution is -2.54. The molecule has 0 aromatic heterocycles. The van der Waals surface area contributed by atoms with Gasteiger partial charge in [-0.05, 0) is 49.5 Å². The van der Waals surface area contributed by atoms with E-state index >= 15 is 0 Å². The van der Waals surface area contributed by atoms with Gasteiger partial charge >= 0.3 is 0 Å². The van der Waals surface area contributed by atoms with Gasteiger partial charge in [-0.3, -0.25) is 9.59 Å². The fraction of sp³-hybridized carbons (Fsp3) is 0.600. The van der Waals surface area contributed by atoms with Crippen LogP contribution in [0.25, 0.3) is 0 Å². The van der Waals surface area contributed by atoms with Crippen LogP contribution < -0.4 is 0 Å². The monoisotopic (exact) mass is 396 g/mol. The van der Waals surface area contributed by atoms with Crippen LogP contribution in [0.3, 0.4) is 0 Å². The minimum Gasteiger partial charge on any atom is -0.337 e. The molecule has 0 radical (unpaired) electrons. The van der Waals surface area contributed by atoms with Crippen LogP contribution in [0.4, 0.5) is 0 Å². The second kappa shape index (κ2) is 8.28. The number of piperidine rings is 1. The fourth-order valence-corrected chi connectivity index (χ4v) is 4.34. The molecule has 2 fully saturated rings. The molecule has 6 heteroatoms. The summed E-state index contributed by atoms with van der Waals surface area (Å²) in [5, 5.41) is 0.802. The largest absolute Gasteiger partial charge is 0.337 e. The van der Waals surface area contributed by atoms with Crippen molar-refractivity contribution in [3.05, 3.63) is 33.8 Å². The highest BCUT2D eigenvalue weighted by Crippen LogP contribution is 2.32. The van der Waals surface area contributed by atoms with E-state index in [1.807, 2.05) is 4.90 Å². The number of nitrogens with zero attached hydrogens (tertiary/aromatic N) is 2. The van der Waals surface area contributed by atoms with E-state index in [0.29, 0.717) is 34.5 Å². The minimum absolute atomic E-state index is 0.0340. The summed E-state index contributed by atoms with van der Waals surface area (Å²) >= 11 is 12.1. The topological polar surface area (TPSA) is 40.6 Å². The van der Waals surface area contributed by atoms with E-state index in [4.69, 9.17) is 23.2 Å². The summed E-state index contributed by atoms with van der Waals surface area (Å²) in [6.45, 7) is 7.88. The van der Waals surface area contributed by atoms with Crippen LogP contribution in [0.5, 0.6) is 0 Å². The summed E-state index contributed by atoms with van der Waals surface area (Å²) in [7, 11) is 0. The lowest BCUT2D eigenvalue weighted by Gasteiger charge is -2.41. The van der Waals surface area contributed by atoms with Crippen LogP contribution in [0.15, 0.2) is 18.2 Å². The van der Waals surface area contributed by atoms with Gasteiger partial charge in [0.15, 0.2) is 5.78 Å².